The van der Waals surface area contributed by atoms with Crippen LogP contribution in [-0.2, 0) is 23.6 Å². The topological polar surface area (TPSA) is 58.4 Å². The van der Waals surface area contributed by atoms with Crippen LogP contribution in [0.25, 0.3) is 0 Å². The molecule has 0 spiro atoms. The van der Waals surface area contributed by atoms with Gasteiger partial charge in [-0.2, -0.15) is 9.40 Å². The molecule has 6 nitrogen and oxygen atoms in total. The number of rotatable bonds is 3. The van der Waals surface area contributed by atoms with Crippen LogP contribution < -0.4 is 0 Å². The highest BCUT2D eigenvalue weighted by Gasteiger charge is 2.46. The Morgan fingerprint density at radius 1 is 1.40 bits per heavy atom. The zero-order valence-corrected chi connectivity index (χ0v) is 13.1. The maximum Gasteiger partial charge on any atom is 0.211 e. The number of fused-ring (bicyclic) bond motifs is 1. The van der Waals surface area contributed by atoms with Crippen molar-refractivity contribution in [2.24, 2.45) is 13.0 Å². The van der Waals surface area contributed by atoms with Crippen molar-refractivity contribution in [2.75, 3.05) is 25.9 Å². The van der Waals surface area contributed by atoms with E-state index in [1.807, 2.05) is 18.7 Å². The minimum Gasteiger partial charge on any atom is -0.297 e. The quantitative estimate of drug-likeness (QED) is 0.799. The molecule has 0 N–H and O–H groups in total. The first-order valence-electron chi connectivity index (χ1n) is 7.03. The molecular formula is C13H22N4O2S. The van der Waals surface area contributed by atoms with Crippen molar-refractivity contribution in [1.29, 1.82) is 0 Å². The predicted molar refractivity (Wildman–Crippen MR) is 76.7 cm³/mol. The average Bonchev–Trinajstić information content (AvgIpc) is 2.59. The van der Waals surface area contributed by atoms with Crippen molar-refractivity contribution >= 4 is 10.0 Å². The molecule has 20 heavy (non-hydrogen) atoms. The number of nitrogens with zero attached hydrogens (tertiary/aromatic N) is 4. The van der Waals surface area contributed by atoms with Crippen LogP contribution in [0.4, 0.5) is 0 Å². The monoisotopic (exact) mass is 298 g/mol. The Kier molecular flexibility index (Phi) is 3.38. The number of likely N-dealkylation sites (tertiary alicyclic amines) is 1. The smallest absolute Gasteiger partial charge is 0.211 e. The number of aryl methyl sites for hydroxylation is 2. The molecule has 0 aliphatic carbocycles. The zero-order valence-electron chi connectivity index (χ0n) is 12.3. The molecule has 0 bridgehead atoms. The molecule has 2 saturated heterocycles. The van der Waals surface area contributed by atoms with Gasteiger partial charge in [-0.25, -0.2) is 8.42 Å². The third-order valence-corrected chi connectivity index (χ3v) is 5.80. The highest BCUT2D eigenvalue weighted by atomic mass is 32.2. The Bertz CT molecular complexity index is 610. The van der Waals surface area contributed by atoms with Crippen LogP contribution in [-0.4, -0.2) is 59.3 Å². The van der Waals surface area contributed by atoms with Gasteiger partial charge in [0.25, 0.3) is 0 Å². The molecule has 7 heteroatoms. The van der Waals surface area contributed by atoms with E-state index in [0.29, 0.717) is 12.5 Å². The standard InChI is InChI=1S/C13H22N4O2S/c1-10-12(6-15(2)14-10)7-16-5-4-11-8-17(13(11)9-16)20(3,18)19/h6,11,13H,4-5,7-9H2,1-3H3/t11-,13-/m1/s1. The molecule has 2 atom stereocenters. The largest absolute Gasteiger partial charge is 0.297 e. The lowest BCUT2D eigenvalue weighted by atomic mass is 9.85. The average molecular weight is 298 g/mol. The van der Waals surface area contributed by atoms with Crippen molar-refractivity contribution < 1.29 is 8.42 Å². The summed E-state index contributed by atoms with van der Waals surface area (Å²) in [7, 11) is -1.12. The van der Waals surface area contributed by atoms with Crippen molar-refractivity contribution in [3.8, 4) is 0 Å². The van der Waals surface area contributed by atoms with Gasteiger partial charge in [-0.05, 0) is 25.8 Å². The second-order valence-corrected chi connectivity index (χ2v) is 8.03. The van der Waals surface area contributed by atoms with Gasteiger partial charge < -0.3 is 0 Å². The summed E-state index contributed by atoms with van der Waals surface area (Å²) < 4.78 is 26.9. The highest BCUT2D eigenvalue weighted by molar-refractivity contribution is 7.88. The molecule has 1 aromatic rings. The first-order chi connectivity index (χ1) is 9.34. The van der Waals surface area contributed by atoms with E-state index in [4.69, 9.17) is 0 Å². The molecular weight excluding hydrogens is 276 g/mol. The molecule has 3 heterocycles. The third-order valence-electron chi connectivity index (χ3n) is 4.52. The Morgan fingerprint density at radius 2 is 2.15 bits per heavy atom. The first kappa shape index (κ1) is 14.0. The Balaban J connectivity index is 1.67. The fourth-order valence-corrected chi connectivity index (χ4v) is 4.58. The lowest BCUT2D eigenvalue weighted by molar-refractivity contribution is 0.0109. The molecule has 3 rings (SSSR count). The van der Waals surface area contributed by atoms with Gasteiger partial charge in [0.15, 0.2) is 0 Å². The second kappa shape index (κ2) is 4.82. The molecule has 2 aliphatic rings. The van der Waals surface area contributed by atoms with E-state index in [9.17, 15) is 8.42 Å². The number of hydrogen-bond donors (Lipinski definition) is 0. The Labute approximate surface area is 120 Å². The summed E-state index contributed by atoms with van der Waals surface area (Å²) >= 11 is 0. The minimum absolute atomic E-state index is 0.177. The zero-order chi connectivity index (χ0) is 14.5. The second-order valence-electron chi connectivity index (χ2n) is 6.10. The van der Waals surface area contributed by atoms with E-state index < -0.39 is 10.0 Å². The van der Waals surface area contributed by atoms with Crippen LogP contribution in [0.2, 0.25) is 0 Å². The fourth-order valence-electron chi connectivity index (χ4n) is 3.38. The van der Waals surface area contributed by atoms with Gasteiger partial charge >= 0.3 is 0 Å². The van der Waals surface area contributed by atoms with Gasteiger partial charge in [-0.1, -0.05) is 0 Å². The fraction of sp³-hybridized carbons (Fsp3) is 0.769. The molecule has 0 radical (unpaired) electrons. The summed E-state index contributed by atoms with van der Waals surface area (Å²) in [5.41, 5.74) is 2.29. The Hall–Kier alpha value is -0.920. The summed E-state index contributed by atoms with van der Waals surface area (Å²) in [4.78, 5) is 2.35. The lowest BCUT2D eigenvalue weighted by Gasteiger charge is -2.52. The highest BCUT2D eigenvalue weighted by Crippen LogP contribution is 2.34. The van der Waals surface area contributed by atoms with E-state index in [0.717, 1.165) is 31.7 Å². The summed E-state index contributed by atoms with van der Waals surface area (Å²) in [6, 6.07) is 0.177. The van der Waals surface area contributed by atoms with E-state index in [2.05, 4.69) is 16.2 Å². The van der Waals surface area contributed by atoms with Gasteiger partial charge in [-0.3, -0.25) is 9.58 Å². The molecule has 0 saturated carbocycles. The summed E-state index contributed by atoms with van der Waals surface area (Å²) in [5.74, 6) is 0.552. The summed E-state index contributed by atoms with van der Waals surface area (Å²) in [5, 5.41) is 4.36. The number of hydrogen-bond acceptors (Lipinski definition) is 4. The maximum absolute atomic E-state index is 11.7. The predicted octanol–water partition coefficient (Wildman–Crippen LogP) is 0.194. The van der Waals surface area contributed by atoms with Crippen molar-refractivity contribution in [3.05, 3.63) is 17.5 Å². The van der Waals surface area contributed by atoms with Crippen LogP contribution >= 0.6 is 0 Å². The molecule has 2 fully saturated rings. The normalized spacial score (nSPS) is 28.1. The van der Waals surface area contributed by atoms with Crippen LogP contribution in [0, 0.1) is 12.8 Å². The van der Waals surface area contributed by atoms with Crippen LogP contribution in [0.3, 0.4) is 0 Å². The van der Waals surface area contributed by atoms with Gasteiger partial charge in [0.1, 0.15) is 0 Å². The van der Waals surface area contributed by atoms with E-state index in [1.165, 1.54) is 11.8 Å². The van der Waals surface area contributed by atoms with Crippen molar-refractivity contribution in [2.45, 2.75) is 25.9 Å². The number of aromatic nitrogens is 2. The molecule has 2 aliphatic heterocycles. The Morgan fingerprint density at radius 3 is 2.75 bits per heavy atom. The van der Waals surface area contributed by atoms with Gasteiger partial charge in [0, 0.05) is 44.5 Å². The van der Waals surface area contributed by atoms with E-state index in [1.54, 1.807) is 4.31 Å². The van der Waals surface area contributed by atoms with Crippen LogP contribution in [0.5, 0.6) is 0 Å². The van der Waals surface area contributed by atoms with Gasteiger partial charge in [0.05, 0.1) is 11.9 Å². The summed E-state index contributed by atoms with van der Waals surface area (Å²) in [6.07, 6.45) is 4.46. The molecule has 1 aromatic heterocycles. The third kappa shape index (κ3) is 2.49. The SMILES string of the molecule is Cc1nn(C)cc1CN1CC[C@@H]2CN(S(C)(=O)=O)[C@@H]2C1. The van der Waals surface area contributed by atoms with E-state index >= 15 is 0 Å². The molecule has 0 aromatic carbocycles. The van der Waals surface area contributed by atoms with Crippen LogP contribution in [0.1, 0.15) is 17.7 Å². The van der Waals surface area contributed by atoms with Gasteiger partial charge in [-0.15, -0.1) is 0 Å². The molecule has 0 unspecified atom stereocenters. The van der Waals surface area contributed by atoms with Gasteiger partial charge in [0.2, 0.25) is 10.0 Å². The minimum atomic E-state index is -3.05. The summed E-state index contributed by atoms with van der Waals surface area (Å²) in [6.45, 7) is 5.48. The lowest BCUT2D eigenvalue weighted by Crippen LogP contribution is -2.65. The molecule has 0 amide bonds. The van der Waals surface area contributed by atoms with Crippen molar-refractivity contribution in [1.82, 2.24) is 19.0 Å². The van der Waals surface area contributed by atoms with E-state index in [-0.39, 0.29) is 6.04 Å². The molecule has 112 valence electrons. The van der Waals surface area contributed by atoms with Crippen molar-refractivity contribution in [3.63, 3.8) is 0 Å². The van der Waals surface area contributed by atoms with Crippen LogP contribution in [0.15, 0.2) is 6.20 Å². The number of piperidine rings is 1. The first-order valence-corrected chi connectivity index (χ1v) is 8.87. The number of sulfonamides is 1. The maximum atomic E-state index is 11.7.